The standard InChI is InChI=1S/C9H18OS/c1-8(10)6-11-7-9-4-2-3-5-9/h8-10H,2-7H2,1H3/t8-/m0/s1. The molecule has 1 N–H and O–H groups in total. The van der Waals surface area contributed by atoms with Crippen molar-refractivity contribution in [3.63, 3.8) is 0 Å². The first-order valence-electron chi connectivity index (χ1n) is 4.55. The average molecular weight is 174 g/mol. The first-order chi connectivity index (χ1) is 5.29. The summed E-state index contributed by atoms with van der Waals surface area (Å²) in [5.74, 6) is 3.14. The third-order valence-corrected chi connectivity index (χ3v) is 3.61. The van der Waals surface area contributed by atoms with Crippen LogP contribution in [0.4, 0.5) is 0 Å². The highest BCUT2D eigenvalue weighted by Gasteiger charge is 2.14. The SMILES string of the molecule is C[C@H](O)CSCC1CCCC1. The van der Waals surface area contributed by atoms with Gasteiger partial charge in [0.15, 0.2) is 0 Å². The Morgan fingerprint density at radius 1 is 1.45 bits per heavy atom. The monoisotopic (exact) mass is 174 g/mol. The number of aliphatic hydroxyl groups excluding tert-OH is 1. The second-order valence-corrected chi connectivity index (χ2v) is 4.61. The minimum absolute atomic E-state index is 0.124. The van der Waals surface area contributed by atoms with Crippen LogP contribution in [0, 0.1) is 5.92 Å². The van der Waals surface area contributed by atoms with E-state index in [1.54, 1.807) is 0 Å². The third kappa shape index (κ3) is 4.02. The van der Waals surface area contributed by atoms with Gasteiger partial charge in [0.25, 0.3) is 0 Å². The highest BCUT2D eigenvalue weighted by atomic mass is 32.2. The maximum Gasteiger partial charge on any atom is 0.0602 e. The molecule has 66 valence electrons. The first-order valence-corrected chi connectivity index (χ1v) is 5.70. The number of thioether (sulfide) groups is 1. The second kappa shape index (κ2) is 5.04. The molecule has 0 heterocycles. The lowest BCUT2D eigenvalue weighted by Crippen LogP contribution is -2.06. The molecule has 0 spiro atoms. The topological polar surface area (TPSA) is 20.2 Å². The van der Waals surface area contributed by atoms with E-state index >= 15 is 0 Å². The molecule has 1 saturated carbocycles. The van der Waals surface area contributed by atoms with E-state index in [0.717, 1.165) is 11.7 Å². The smallest absolute Gasteiger partial charge is 0.0602 e. The minimum atomic E-state index is -0.124. The predicted octanol–water partition coefficient (Wildman–Crippen LogP) is 2.29. The molecular weight excluding hydrogens is 156 g/mol. The van der Waals surface area contributed by atoms with E-state index in [1.165, 1.54) is 31.4 Å². The van der Waals surface area contributed by atoms with Crippen LogP contribution < -0.4 is 0 Å². The van der Waals surface area contributed by atoms with Crippen molar-refractivity contribution in [2.45, 2.75) is 38.7 Å². The van der Waals surface area contributed by atoms with Crippen molar-refractivity contribution in [2.24, 2.45) is 5.92 Å². The Kier molecular flexibility index (Phi) is 4.31. The number of hydrogen-bond acceptors (Lipinski definition) is 2. The van der Waals surface area contributed by atoms with Gasteiger partial charge in [-0.25, -0.2) is 0 Å². The predicted molar refractivity (Wildman–Crippen MR) is 51.0 cm³/mol. The van der Waals surface area contributed by atoms with E-state index in [0.29, 0.717) is 0 Å². The molecular formula is C9H18OS. The highest BCUT2D eigenvalue weighted by Crippen LogP contribution is 2.27. The van der Waals surface area contributed by atoms with Crippen LogP contribution in [0.3, 0.4) is 0 Å². The summed E-state index contributed by atoms with van der Waals surface area (Å²) < 4.78 is 0. The van der Waals surface area contributed by atoms with Crippen molar-refractivity contribution < 1.29 is 5.11 Å². The first kappa shape index (κ1) is 9.40. The lowest BCUT2D eigenvalue weighted by atomic mass is 10.1. The Morgan fingerprint density at radius 3 is 2.64 bits per heavy atom. The van der Waals surface area contributed by atoms with E-state index in [4.69, 9.17) is 5.11 Å². The molecule has 0 unspecified atom stereocenters. The average Bonchev–Trinajstić information content (AvgIpc) is 2.39. The van der Waals surface area contributed by atoms with Gasteiger partial charge in [-0.15, -0.1) is 0 Å². The summed E-state index contributed by atoms with van der Waals surface area (Å²) in [6, 6.07) is 0. The molecule has 0 saturated heterocycles. The molecule has 1 aliphatic rings. The maximum absolute atomic E-state index is 9.01. The van der Waals surface area contributed by atoms with Crippen LogP contribution in [0.15, 0.2) is 0 Å². The molecule has 0 aromatic heterocycles. The van der Waals surface area contributed by atoms with E-state index in [2.05, 4.69) is 0 Å². The maximum atomic E-state index is 9.01. The number of rotatable bonds is 4. The van der Waals surface area contributed by atoms with E-state index < -0.39 is 0 Å². The lowest BCUT2D eigenvalue weighted by molar-refractivity contribution is 0.220. The highest BCUT2D eigenvalue weighted by molar-refractivity contribution is 7.99. The van der Waals surface area contributed by atoms with Gasteiger partial charge < -0.3 is 5.11 Å². The molecule has 1 aliphatic carbocycles. The zero-order valence-corrected chi connectivity index (χ0v) is 8.07. The summed E-state index contributed by atoms with van der Waals surface area (Å²) in [4.78, 5) is 0. The van der Waals surface area contributed by atoms with Gasteiger partial charge in [-0.3, -0.25) is 0 Å². The van der Waals surface area contributed by atoms with Gasteiger partial charge in [0.05, 0.1) is 6.10 Å². The molecule has 0 bridgehead atoms. The van der Waals surface area contributed by atoms with Gasteiger partial charge in [0.2, 0.25) is 0 Å². The third-order valence-electron chi connectivity index (χ3n) is 2.19. The van der Waals surface area contributed by atoms with Crippen LogP contribution in [0.2, 0.25) is 0 Å². The molecule has 11 heavy (non-hydrogen) atoms. The minimum Gasteiger partial charge on any atom is -0.393 e. The van der Waals surface area contributed by atoms with Gasteiger partial charge in [-0.1, -0.05) is 12.8 Å². The van der Waals surface area contributed by atoms with E-state index in [1.807, 2.05) is 18.7 Å². The van der Waals surface area contributed by atoms with Gasteiger partial charge in [-0.05, 0) is 31.4 Å². The summed E-state index contributed by atoms with van der Waals surface area (Å²) in [6.45, 7) is 1.86. The van der Waals surface area contributed by atoms with Gasteiger partial charge in [0.1, 0.15) is 0 Å². The van der Waals surface area contributed by atoms with E-state index in [9.17, 15) is 0 Å². The molecule has 0 aromatic rings. The molecule has 1 rings (SSSR count). The Labute approximate surface area is 73.6 Å². The Balaban J connectivity index is 1.94. The Bertz CT molecular complexity index is 97.7. The van der Waals surface area contributed by atoms with Crippen LogP contribution >= 0.6 is 11.8 Å². The quantitative estimate of drug-likeness (QED) is 0.705. The lowest BCUT2D eigenvalue weighted by Gasteiger charge is -2.08. The van der Waals surface area contributed by atoms with Crippen LogP contribution in [0.1, 0.15) is 32.6 Å². The Hall–Kier alpha value is 0.310. The van der Waals surface area contributed by atoms with Crippen molar-refractivity contribution in [1.82, 2.24) is 0 Å². The summed E-state index contributed by atoms with van der Waals surface area (Å²) in [5.41, 5.74) is 0. The summed E-state index contributed by atoms with van der Waals surface area (Å²) in [6.07, 6.45) is 5.58. The summed E-state index contributed by atoms with van der Waals surface area (Å²) >= 11 is 1.91. The van der Waals surface area contributed by atoms with Crippen molar-refractivity contribution in [3.05, 3.63) is 0 Å². The zero-order chi connectivity index (χ0) is 8.10. The van der Waals surface area contributed by atoms with Crippen LogP contribution in [-0.4, -0.2) is 22.7 Å². The fraction of sp³-hybridized carbons (Fsp3) is 1.00. The molecule has 1 atom stereocenters. The molecule has 0 aromatic carbocycles. The van der Waals surface area contributed by atoms with Crippen LogP contribution in [-0.2, 0) is 0 Å². The van der Waals surface area contributed by atoms with Crippen molar-refractivity contribution in [3.8, 4) is 0 Å². The van der Waals surface area contributed by atoms with E-state index in [-0.39, 0.29) is 6.10 Å². The number of aliphatic hydroxyl groups is 1. The van der Waals surface area contributed by atoms with Crippen LogP contribution in [0.25, 0.3) is 0 Å². The summed E-state index contributed by atoms with van der Waals surface area (Å²) in [7, 11) is 0. The second-order valence-electron chi connectivity index (χ2n) is 3.54. The van der Waals surface area contributed by atoms with Gasteiger partial charge in [0, 0.05) is 5.75 Å². The van der Waals surface area contributed by atoms with Crippen molar-refractivity contribution in [1.29, 1.82) is 0 Å². The van der Waals surface area contributed by atoms with Crippen LogP contribution in [0.5, 0.6) is 0 Å². The molecule has 1 fully saturated rings. The fourth-order valence-electron chi connectivity index (χ4n) is 1.58. The zero-order valence-electron chi connectivity index (χ0n) is 7.25. The largest absolute Gasteiger partial charge is 0.393 e. The van der Waals surface area contributed by atoms with Crippen molar-refractivity contribution >= 4 is 11.8 Å². The van der Waals surface area contributed by atoms with Gasteiger partial charge in [-0.2, -0.15) is 11.8 Å². The molecule has 0 radical (unpaired) electrons. The summed E-state index contributed by atoms with van der Waals surface area (Å²) in [5, 5.41) is 9.01. The van der Waals surface area contributed by atoms with Crippen molar-refractivity contribution in [2.75, 3.05) is 11.5 Å². The molecule has 0 aliphatic heterocycles. The molecule has 2 heteroatoms. The number of hydrogen-bond donors (Lipinski definition) is 1. The normalized spacial score (nSPS) is 22.4. The fourth-order valence-corrected chi connectivity index (χ4v) is 2.73. The molecule has 0 amide bonds. The Morgan fingerprint density at radius 2 is 2.09 bits per heavy atom. The molecule has 1 nitrogen and oxygen atoms in total. The van der Waals surface area contributed by atoms with Gasteiger partial charge >= 0.3 is 0 Å².